The Morgan fingerprint density at radius 3 is 2.94 bits per heavy atom. The third-order valence-electron chi connectivity index (χ3n) is 2.80. The highest BCUT2D eigenvalue weighted by Crippen LogP contribution is 2.34. The van der Waals surface area contributed by atoms with Crippen LogP contribution in [0.15, 0.2) is 18.2 Å². The van der Waals surface area contributed by atoms with Crippen molar-refractivity contribution >= 4 is 5.97 Å². The second-order valence-corrected chi connectivity index (χ2v) is 4.24. The summed E-state index contributed by atoms with van der Waals surface area (Å²) in [7, 11) is 0. The fourth-order valence-corrected chi connectivity index (χ4v) is 1.83. The minimum atomic E-state index is -0.794. The first-order chi connectivity index (χ1) is 8.18. The van der Waals surface area contributed by atoms with Crippen LogP contribution in [0, 0.1) is 5.92 Å². The zero-order valence-corrected chi connectivity index (χ0v) is 9.81. The summed E-state index contributed by atoms with van der Waals surface area (Å²) in [6.07, 6.45) is 1.31. The van der Waals surface area contributed by atoms with E-state index in [0.717, 1.165) is 17.7 Å². The predicted molar refractivity (Wildman–Crippen MR) is 62.6 cm³/mol. The Hall–Kier alpha value is -1.71. The first kappa shape index (κ1) is 11.8. The van der Waals surface area contributed by atoms with Gasteiger partial charge in [0.2, 0.25) is 0 Å². The second kappa shape index (κ2) is 5.08. The van der Waals surface area contributed by atoms with E-state index < -0.39 is 11.9 Å². The van der Waals surface area contributed by atoms with Gasteiger partial charge in [0.05, 0.1) is 19.1 Å². The van der Waals surface area contributed by atoms with Gasteiger partial charge in [0.25, 0.3) is 0 Å². The third kappa shape index (κ3) is 2.70. The van der Waals surface area contributed by atoms with Crippen LogP contribution >= 0.6 is 0 Å². The van der Waals surface area contributed by atoms with E-state index in [2.05, 4.69) is 0 Å². The summed E-state index contributed by atoms with van der Waals surface area (Å²) < 4.78 is 11.2. The zero-order valence-electron chi connectivity index (χ0n) is 9.81. The lowest BCUT2D eigenvalue weighted by Gasteiger charge is -2.13. The van der Waals surface area contributed by atoms with Gasteiger partial charge in [-0.2, -0.15) is 0 Å². The predicted octanol–water partition coefficient (Wildman–Crippen LogP) is 2.11. The molecule has 1 aromatic carbocycles. The second-order valence-electron chi connectivity index (χ2n) is 4.24. The van der Waals surface area contributed by atoms with Gasteiger partial charge in [-0.1, -0.05) is 19.1 Å². The Morgan fingerprint density at radius 1 is 1.41 bits per heavy atom. The Morgan fingerprint density at radius 2 is 2.18 bits per heavy atom. The average Bonchev–Trinajstić information content (AvgIpc) is 2.54. The molecule has 1 unspecified atom stereocenters. The molecule has 1 aliphatic rings. The molecule has 1 N–H and O–H groups in total. The van der Waals surface area contributed by atoms with Crippen molar-refractivity contribution in [2.24, 2.45) is 5.92 Å². The van der Waals surface area contributed by atoms with Crippen molar-refractivity contribution in [1.82, 2.24) is 0 Å². The minimum Gasteiger partial charge on any atom is -0.490 e. The summed E-state index contributed by atoms with van der Waals surface area (Å²) in [4.78, 5) is 10.9. The molecule has 4 heteroatoms. The molecule has 0 amide bonds. The van der Waals surface area contributed by atoms with Crippen molar-refractivity contribution in [3.05, 3.63) is 23.8 Å². The van der Waals surface area contributed by atoms with Crippen LogP contribution in [-0.4, -0.2) is 24.3 Å². The molecule has 0 spiro atoms. The summed E-state index contributed by atoms with van der Waals surface area (Å²) in [5, 5.41) is 8.93. The lowest BCUT2D eigenvalue weighted by atomic mass is 10.0. The van der Waals surface area contributed by atoms with Gasteiger partial charge >= 0.3 is 5.97 Å². The number of para-hydroxylation sites is 1. The van der Waals surface area contributed by atoms with E-state index >= 15 is 0 Å². The van der Waals surface area contributed by atoms with Crippen LogP contribution in [0.1, 0.15) is 18.9 Å². The van der Waals surface area contributed by atoms with Gasteiger partial charge in [0.1, 0.15) is 0 Å². The first-order valence-electron chi connectivity index (χ1n) is 5.79. The molecule has 0 aromatic heterocycles. The largest absolute Gasteiger partial charge is 0.490 e. The molecule has 0 radical (unpaired) electrons. The maximum Gasteiger partial charge on any atom is 0.306 e. The highest BCUT2D eigenvalue weighted by atomic mass is 16.5. The number of hydrogen-bond donors (Lipinski definition) is 1. The summed E-state index contributed by atoms with van der Waals surface area (Å²) in [6, 6.07) is 5.62. The highest BCUT2D eigenvalue weighted by molar-refractivity contribution is 5.70. The van der Waals surface area contributed by atoms with E-state index in [1.54, 1.807) is 6.92 Å². The van der Waals surface area contributed by atoms with Gasteiger partial charge in [-0.3, -0.25) is 4.79 Å². The number of carboxylic acids is 1. The zero-order chi connectivity index (χ0) is 12.3. The lowest BCUT2D eigenvalue weighted by Crippen LogP contribution is -2.13. The van der Waals surface area contributed by atoms with Crippen LogP contribution in [0.3, 0.4) is 0 Å². The Bertz CT molecular complexity index is 414. The molecule has 0 fully saturated rings. The molecule has 0 aliphatic carbocycles. The van der Waals surface area contributed by atoms with E-state index in [-0.39, 0.29) is 0 Å². The highest BCUT2D eigenvalue weighted by Gasteiger charge is 2.18. The van der Waals surface area contributed by atoms with Crippen LogP contribution in [0.25, 0.3) is 0 Å². The molecule has 1 aliphatic heterocycles. The number of ether oxygens (including phenoxy) is 2. The minimum absolute atomic E-state index is 0.423. The van der Waals surface area contributed by atoms with Crippen LogP contribution in [0.5, 0.6) is 11.5 Å². The smallest absolute Gasteiger partial charge is 0.306 e. The monoisotopic (exact) mass is 236 g/mol. The molecule has 1 aromatic rings. The molecular weight excluding hydrogens is 220 g/mol. The van der Waals surface area contributed by atoms with Gasteiger partial charge in [-0.05, 0) is 18.1 Å². The van der Waals surface area contributed by atoms with Gasteiger partial charge < -0.3 is 14.6 Å². The lowest BCUT2D eigenvalue weighted by molar-refractivity contribution is -0.141. The molecule has 0 saturated carbocycles. The Balaban J connectivity index is 2.25. The van der Waals surface area contributed by atoms with Crippen molar-refractivity contribution in [3.8, 4) is 11.5 Å². The van der Waals surface area contributed by atoms with Gasteiger partial charge in [0.15, 0.2) is 11.5 Å². The summed E-state index contributed by atoms with van der Waals surface area (Å²) in [5.41, 5.74) is 0.902. The standard InChI is InChI=1S/C13H16O4/c1-9(13(14)15)8-10-4-2-5-11-12(10)17-7-3-6-16-11/h2,4-5,9H,3,6-8H2,1H3,(H,14,15). The van der Waals surface area contributed by atoms with Crippen molar-refractivity contribution in [2.45, 2.75) is 19.8 Å². The molecule has 0 bridgehead atoms. The molecule has 0 saturated heterocycles. The van der Waals surface area contributed by atoms with Crippen molar-refractivity contribution < 1.29 is 19.4 Å². The quantitative estimate of drug-likeness (QED) is 0.873. The van der Waals surface area contributed by atoms with Gasteiger partial charge in [0, 0.05) is 6.42 Å². The number of benzene rings is 1. The number of carbonyl (C=O) groups is 1. The third-order valence-corrected chi connectivity index (χ3v) is 2.80. The van der Waals surface area contributed by atoms with E-state index in [9.17, 15) is 4.79 Å². The van der Waals surface area contributed by atoms with Crippen molar-refractivity contribution in [2.75, 3.05) is 13.2 Å². The van der Waals surface area contributed by atoms with Crippen LogP contribution in [0.4, 0.5) is 0 Å². The Labute approximate surface area is 100 Å². The molecule has 17 heavy (non-hydrogen) atoms. The van der Waals surface area contributed by atoms with Crippen molar-refractivity contribution in [3.63, 3.8) is 0 Å². The molecule has 92 valence electrons. The molecule has 4 nitrogen and oxygen atoms in total. The van der Waals surface area contributed by atoms with Crippen LogP contribution in [-0.2, 0) is 11.2 Å². The average molecular weight is 236 g/mol. The number of carboxylic acid groups (broad SMARTS) is 1. The SMILES string of the molecule is CC(Cc1cccc2c1OCCCO2)C(=O)O. The van der Waals surface area contributed by atoms with E-state index in [1.165, 1.54) is 0 Å². The molecule has 1 atom stereocenters. The Kier molecular flexibility index (Phi) is 3.52. The maximum atomic E-state index is 10.9. The van der Waals surface area contributed by atoms with Crippen LogP contribution < -0.4 is 9.47 Å². The summed E-state index contributed by atoms with van der Waals surface area (Å²) in [6.45, 7) is 2.95. The molecule has 2 rings (SSSR count). The van der Waals surface area contributed by atoms with E-state index in [4.69, 9.17) is 14.6 Å². The van der Waals surface area contributed by atoms with Gasteiger partial charge in [-0.15, -0.1) is 0 Å². The van der Waals surface area contributed by atoms with Gasteiger partial charge in [-0.25, -0.2) is 0 Å². The molecular formula is C13H16O4. The fraction of sp³-hybridized carbons (Fsp3) is 0.462. The van der Waals surface area contributed by atoms with Crippen molar-refractivity contribution in [1.29, 1.82) is 0 Å². The molecule has 1 heterocycles. The summed E-state index contributed by atoms with van der Waals surface area (Å²) >= 11 is 0. The number of hydrogen-bond acceptors (Lipinski definition) is 3. The summed E-state index contributed by atoms with van der Waals surface area (Å²) in [5.74, 6) is 0.209. The maximum absolute atomic E-state index is 10.9. The number of rotatable bonds is 3. The first-order valence-corrected chi connectivity index (χ1v) is 5.79. The normalized spacial score (nSPS) is 16.1. The van der Waals surface area contributed by atoms with Crippen LogP contribution in [0.2, 0.25) is 0 Å². The number of aliphatic carboxylic acids is 1. The topological polar surface area (TPSA) is 55.8 Å². The van der Waals surface area contributed by atoms with E-state index in [0.29, 0.717) is 25.4 Å². The number of fused-ring (bicyclic) bond motifs is 1. The fourth-order valence-electron chi connectivity index (χ4n) is 1.83. The van der Waals surface area contributed by atoms with E-state index in [1.807, 2.05) is 18.2 Å².